The van der Waals surface area contributed by atoms with Gasteiger partial charge in [0, 0.05) is 12.1 Å². The van der Waals surface area contributed by atoms with Gasteiger partial charge in [0.2, 0.25) is 5.82 Å². The van der Waals surface area contributed by atoms with E-state index in [0.29, 0.717) is 11.8 Å². The molecule has 3 rings (SSSR count). The quantitative estimate of drug-likeness (QED) is 0.786. The maximum atomic E-state index is 5.27. The number of likely N-dealkylation sites (tertiary alicyclic amines) is 1. The minimum Gasteiger partial charge on any atom is -0.497 e. The number of benzene rings is 1. The molecule has 0 bridgehead atoms. The molecule has 1 aliphatic rings. The average Bonchev–Trinajstić information content (AvgIpc) is 3.09. The van der Waals surface area contributed by atoms with Crippen molar-refractivity contribution < 1.29 is 9.26 Å². The summed E-state index contributed by atoms with van der Waals surface area (Å²) in [5, 5.41) is 7.24. The molecule has 1 aliphatic heterocycles. The maximum Gasteiger partial charge on any atom is 0.321 e. The van der Waals surface area contributed by atoms with Gasteiger partial charge in [-0.1, -0.05) is 24.2 Å². The van der Waals surface area contributed by atoms with Crippen LogP contribution in [0.25, 0.3) is 11.4 Å². The summed E-state index contributed by atoms with van der Waals surface area (Å²) in [7, 11) is 1.64. The molecule has 0 radical (unpaired) electrons. The highest BCUT2D eigenvalue weighted by Gasteiger charge is 2.15. The first-order valence-electron chi connectivity index (χ1n) is 8.69. The van der Waals surface area contributed by atoms with Crippen molar-refractivity contribution in [1.29, 1.82) is 0 Å². The average molecular weight is 330 g/mol. The predicted molar refractivity (Wildman–Crippen MR) is 94.2 cm³/mol. The van der Waals surface area contributed by atoms with E-state index in [4.69, 9.17) is 9.26 Å². The largest absolute Gasteiger partial charge is 0.497 e. The summed E-state index contributed by atoms with van der Waals surface area (Å²) in [4.78, 5) is 6.93. The highest BCUT2D eigenvalue weighted by molar-refractivity contribution is 5.57. The molecular formula is C18H26N4O2. The highest BCUT2D eigenvalue weighted by atomic mass is 16.5. The Morgan fingerprint density at radius 1 is 1.33 bits per heavy atom. The fraction of sp³-hybridized carbons (Fsp3) is 0.556. The molecule has 0 saturated carbocycles. The lowest BCUT2D eigenvalue weighted by atomic mass is 9.99. The highest BCUT2D eigenvalue weighted by Crippen LogP contribution is 2.22. The Morgan fingerprint density at radius 3 is 2.96 bits per heavy atom. The standard InChI is InChI=1S/C18H26N4O2/c1-14-7-11-22(12-8-14)10-4-9-19-18-20-17(21-24-18)15-5-3-6-16(13-15)23-2/h3,5-6,13-14H,4,7-12H2,1-2H3,(H,19,20,21). The molecule has 1 fully saturated rings. The zero-order chi connectivity index (χ0) is 16.8. The van der Waals surface area contributed by atoms with Gasteiger partial charge < -0.3 is 19.5 Å². The Kier molecular flexibility index (Phi) is 5.69. The third kappa shape index (κ3) is 4.47. The van der Waals surface area contributed by atoms with Gasteiger partial charge in [0.15, 0.2) is 0 Å². The van der Waals surface area contributed by atoms with Gasteiger partial charge in [0.05, 0.1) is 7.11 Å². The molecule has 1 N–H and O–H groups in total. The van der Waals surface area contributed by atoms with Crippen molar-refractivity contribution in [3.8, 4) is 17.1 Å². The van der Waals surface area contributed by atoms with Crippen molar-refractivity contribution in [2.45, 2.75) is 26.2 Å². The van der Waals surface area contributed by atoms with Gasteiger partial charge >= 0.3 is 6.01 Å². The van der Waals surface area contributed by atoms with E-state index >= 15 is 0 Å². The van der Waals surface area contributed by atoms with Crippen LogP contribution in [-0.4, -0.2) is 48.3 Å². The Hall–Kier alpha value is -2.08. The number of methoxy groups -OCH3 is 1. The van der Waals surface area contributed by atoms with Gasteiger partial charge in [0.1, 0.15) is 5.75 Å². The fourth-order valence-corrected chi connectivity index (χ4v) is 2.96. The van der Waals surface area contributed by atoms with E-state index in [9.17, 15) is 0 Å². The molecule has 6 heteroatoms. The van der Waals surface area contributed by atoms with Crippen molar-refractivity contribution >= 4 is 6.01 Å². The number of nitrogens with zero attached hydrogens (tertiary/aromatic N) is 3. The molecule has 6 nitrogen and oxygen atoms in total. The number of piperidine rings is 1. The Morgan fingerprint density at radius 2 is 2.17 bits per heavy atom. The summed E-state index contributed by atoms with van der Waals surface area (Å²) in [5.74, 6) is 2.23. The van der Waals surface area contributed by atoms with Crippen molar-refractivity contribution in [3.05, 3.63) is 24.3 Å². The molecular weight excluding hydrogens is 304 g/mol. The smallest absolute Gasteiger partial charge is 0.321 e. The number of hydrogen-bond acceptors (Lipinski definition) is 6. The van der Waals surface area contributed by atoms with Crippen LogP contribution in [0.3, 0.4) is 0 Å². The lowest BCUT2D eigenvalue weighted by Gasteiger charge is -2.30. The van der Waals surface area contributed by atoms with E-state index in [2.05, 4.69) is 27.3 Å². The lowest BCUT2D eigenvalue weighted by Crippen LogP contribution is -2.34. The topological polar surface area (TPSA) is 63.4 Å². The van der Waals surface area contributed by atoms with Gasteiger partial charge in [-0.05, 0) is 56.9 Å². The molecule has 24 heavy (non-hydrogen) atoms. The van der Waals surface area contributed by atoms with Crippen LogP contribution < -0.4 is 10.1 Å². The van der Waals surface area contributed by atoms with Gasteiger partial charge in [-0.25, -0.2) is 0 Å². The molecule has 2 aromatic rings. The second-order valence-corrected chi connectivity index (χ2v) is 6.46. The van der Waals surface area contributed by atoms with E-state index in [1.54, 1.807) is 7.11 Å². The van der Waals surface area contributed by atoms with Crippen LogP contribution in [0, 0.1) is 5.92 Å². The van der Waals surface area contributed by atoms with Gasteiger partial charge in [0.25, 0.3) is 0 Å². The van der Waals surface area contributed by atoms with Crippen LogP contribution in [0.2, 0.25) is 0 Å². The molecule has 0 atom stereocenters. The van der Waals surface area contributed by atoms with E-state index < -0.39 is 0 Å². The summed E-state index contributed by atoms with van der Waals surface area (Å²) in [6, 6.07) is 8.11. The minimum absolute atomic E-state index is 0.472. The summed E-state index contributed by atoms with van der Waals surface area (Å²) < 4.78 is 10.5. The Balaban J connectivity index is 1.44. The number of aromatic nitrogens is 2. The van der Waals surface area contributed by atoms with Crippen LogP contribution in [0.1, 0.15) is 26.2 Å². The fourth-order valence-electron chi connectivity index (χ4n) is 2.96. The molecule has 0 spiro atoms. The van der Waals surface area contributed by atoms with Crippen LogP contribution in [0.5, 0.6) is 5.75 Å². The minimum atomic E-state index is 0.472. The number of hydrogen-bond donors (Lipinski definition) is 1. The summed E-state index contributed by atoms with van der Waals surface area (Å²) >= 11 is 0. The van der Waals surface area contributed by atoms with Crippen LogP contribution >= 0.6 is 0 Å². The van der Waals surface area contributed by atoms with Gasteiger partial charge in [-0.2, -0.15) is 4.98 Å². The number of ether oxygens (including phenoxy) is 1. The van der Waals surface area contributed by atoms with E-state index in [1.165, 1.54) is 25.9 Å². The maximum absolute atomic E-state index is 5.27. The van der Waals surface area contributed by atoms with Crippen molar-refractivity contribution in [1.82, 2.24) is 15.0 Å². The monoisotopic (exact) mass is 330 g/mol. The first-order valence-corrected chi connectivity index (χ1v) is 8.69. The molecule has 1 saturated heterocycles. The first kappa shape index (κ1) is 16.8. The number of anilines is 1. The summed E-state index contributed by atoms with van der Waals surface area (Å²) in [6.07, 6.45) is 3.72. The van der Waals surface area contributed by atoms with Crippen molar-refractivity contribution in [2.24, 2.45) is 5.92 Å². The number of rotatable bonds is 7. The molecule has 130 valence electrons. The third-order valence-electron chi connectivity index (χ3n) is 4.56. The van der Waals surface area contributed by atoms with Gasteiger partial charge in [-0.15, -0.1) is 0 Å². The third-order valence-corrected chi connectivity index (χ3v) is 4.56. The van der Waals surface area contributed by atoms with E-state index in [0.717, 1.165) is 36.7 Å². The van der Waals surface area contributed by atoms with E-state index in [1.807, 2.05) is 24.3 Å². The molecule has 1 aromatic carbocycles. The number of nitrogens with one attached hydrogen (secondary N) is 1. The summed E-state index contributed by atoms with van der Waals surface area (Å²) in [6.45, 7) is 6.75. The van der Waals surface area contributed by atoms with Crippen molar-refractivity contribution in [3.63, 3.8) is 0 Å². The van der Waals surface area contributed by atoms with Crippen LogP contribution in [0.4, 0.5) is 6.01 Å². The second kappa shape index (κ2) is 8.15. The summed E-state index contributed by atoms with van der Waals surface area (Å²) in [5.41, 5.74) is 0.883. The normalized spacial score (nSPS) is 16.2. The van der Waals surface area contributed by atoms with Crippen LogP contribution in [-0.2, 0) is 0 Å². The molecule has 0 amide bonds. The Labute approximate surface area is 143 Å². The molecule has 1 aromatic heterocycles. The Bertz CT molecular complexity index is 635. The SMILES string of the molecule is COc1cccc(-c2noc(NCCCN3CCC(C)CC3)n2)c1. The zero-order valence-corrected chi connectivity index (χ0v) is 14.5. The molecule has 0 aliphatic carbocycles. The molecule has 0 unspecified atom stereocenters. The van der Waals surface area contributed by atoms with Gasteiger partial charge in [-0.3, -0.25) is 0 Å². The first-order chi connectivity index (χ1) is 11.7. The van der Waals surface area contributed by atoms with Crippen molar-refractivity contribution in [2.75, 3.05) is 38.6 Å². The van der Waals surface area contributed by atoms with E-state index in [-0.39, 0.29) is 0 Å². The predicted octanol–water partition coefficient (Wildman–Crippen LogP) is 3.28. The lowest BCUT2D eigenvalue weighted by molar-refractivity contribution is 0.192. The zero-order valence-electron chi connectivity index (χ0n) is 14.5. The van der Waals surface area contributed by atoms with Crippen LogP contribution in [0.15, 0.2) is 28.8 Å². The molecule has 2 heterocycles. The second-order valence-electron chi connectivity index (χ2n) is 6.46.